The van der Waals surface area contributed by atoms with E-state index in [1.54, 1.807) is 11.3 Å². The fourth-order valence-corrected chi connectivity index (χ4v) is 4.45. The monoisotopic (exact) mass is 302 g/mol. The predicted molar refractivity (Wildman–Crippen MR) is 84.3 cm³/mol. The van der Waals surface area contributed by atoms with Crippen LogP contribution in [0.15, 0.2) is 11.7 Å². The van der Waals surface area contributed by atoms with Gasteiger partial charge in [-0.05, 0) is 45.1 Å². The van der Waals surface area contributed by atoms with E-state index in [1.165, 1.54) is 67.2 Å². The van der Waals surface area contributed by atoms with Crippen LogP contribution in [0.5, 0.6) is 0 Å². The van der Waals surface area contributed by atoms with Crippen molar-refractivity contribution in [2.45, 2.75) is 51.1 Å². The van der Waals surface area contributed by atoms with Crippen molar-refractivity contribution < 1.29 is 0 Å². The second-order valence-corrected chi connectivity index (χ2v) is 7.20. The summed E-state index contributed by atoms with van der Waals surface area (Å²) in [7, 11) is 2.22. The lowest BCUT2D eigenvalue weighted by Gasteiger charge is -2.23. The van der Waals surface area contributed by atoms with Crippen LogP contribution in [-0.4, -0.2) is 26.0 Å². The minimum atomic E-state index is 0.489. The van der Waals surface area contributed by atoms with Gasteiger partial charge in [-0.15, -0.1) is 11.3 Å². The van der Waals surface area contributed by atoms with Crippen LogP contribution in [0.2, 0.25) is 0 Å². The number of hydrogen-bond acceptors (Lipinski definition) is 4. The minimum Gasteiger partial charge on any atom is -0.334 e. The smallest absolute Gasteiger partial charge is 0.126 e. The highest BCUT2D eigenvalue weighted by Crippen LogP contribution is 2.35. The first-order valence-electron chi connectivity index (χ1n) is 7.98. The molecule has 1 saturated heterocycles. The lowest BCUT2D eigenvalue weighted by molar-refractivity contribution is 0.238. The van der Waals surface area contributed by atoms with E-state index >= 15 is 0 Å². The van der Waals surface area contributed by atoms with Crippen LogP contribution in [0.25, 0.3) is 0 Å². The van der Waals surface area contributed by atoms with Crippen LogP contribution in [0.1, 0.15) is 53.8 Å². The van der Waals surface area contributed by atoms with Gasteiger partial charge in [0.15, 0.2) is 0 Å². The average molecular weight is 302 g/mol. The summed E-state index contributed by atoms with van der Waals surface area (Å²) >= 11 is 1.76. The van der Waals surface area contributed by atoms with Crippen molar-refractivity contribution in [1.29, 1.82) is 0 Å². The van der Waals surface area contributed by atoms with Crippen molar-refractivity contribution in [3.63, 3.8) is 0 Å². The molecule has 2 aromatic rings. The van der Waals surface area contributed by atoms with Crippen LogP contribution >= 0.6 is 11.3 Å². The van der Waals surface area contributed by atoms with E-state index in [9.17, 15) is 0 Å². The van der Waals surface area contributed by atoms with Gasteiger partial charge in [0.2, 0.25) is 0 Å². The highest BCUT2D eigenvalue weighted by atomic mass is 32.1. The SMILES string of the molecule is Cn1c([C@@H]2CCCN2Cc2cncs2)nc2c1CCCC2. The molecule has 0 unspecified atom stereocenters. The first-order valence-corrected chi connectivity index (χ1v) is 8.86. The summed E-state index contributed by atoms with van der Waals surface area (Å²) in [4.78, 5) is 13.2. The molecule has 3 heterocycles. The number of hydrogen-bond donors (Lipinski definition) is 0. The van der Waals surface area contributed by atoms with E-state index < -0.39 is 0 Å². The van der Waals surface area contributed by atoms with Crippen molar-refractivity contribution in [2.24, 2.45) is 7.05 Å². The molecule has 1 fully saturated rings. The number of nitrogens with zero attached hydrogens (tertiary/aromatic N) is 4. The first kappa shape index (κ1) is 13.5. The van der Waals surface area contributed by atoms with Gasteiger partial charge in [-0.1, -0.05) is 0 Å². The van der Waals surface area contributed by atoms with Gasteiger partial charge in [-0.25, -0.2) is 4.98 Å². The van der Waals surface area contributed by atoms with Crippen LogP contribution in [-0.2, 0) is 26.4 Å². The third kappa shape index (κ3) is 2.42. The molecule has 21 heavy (non-hydrogen) atoms. The molecule has 0 radical (unpaired) electrons. The summed E-state index contributed by atoms with van der Waals surface area (Å²) in [5.41, 5.74) is 4.78. The molecule has 0 N–H and O–H groups in total. The highest BCUT2D eigenvalue weighted by molar-refractivity contribution is 7.09. The van der Waals surface area contributed by atoms with Gasteiger partial charge < -0.3 is 4.57 Å². The molecule has 0 aromatic carbocycles. The molecule has 1 aliphatic carbocycles. The summed E-state index contributed by atoms with van der Waals surface area (Å²) in [5.74, 6) is 1.30. The molecule has 2 aliphatic rings. The Morgan fingerprint density at radius 2 is 2.19 bits per heavy atom. The second kappa shape index (κ2) is 5.54. The largest absolute Gasteiger partial charge is 0.334 e. The van der Waals surface area contributed by atoms with Gasteiger partial charge >= 0.3 is 0 Å². The summed E-state index contributed by atoms with van der Waals surface area (Å²) in [6.07, 6.45) is 9.53. The number of likely N-dealkylation sites (tertiary alicyclic amines) is 1. The van der Waals surface area contributed by atoms with Gasteiger partial charge in [0.05, 0.1) is 17.2 Å². The van der Waals surface area contributed by atoms with Gasteiger partial charge in [-0.3, -0.25) is 9.88 Å². The first-order chi connectivity index (χ1) is 10.3. The molecule has 4 nitrogen and oxygen atoms in total. The topological polar surface area (TPSA) is 34.0 Å². The Balaban J connectivity index is 1.61. The maximum absolute atomic E-state index is 5.02. The van der Waals surface area contributed by atoms with Crippen LogP contribution < -0.4 is 0 Å². The number of thiazole rings is 1. The van der Waals surface area contributed by atoms with Gasteiger partial charge in [-0.2, -0.15) is 0 Å². The summed E-state index contributed by atoms with van der Waals surface area (Å²) in [6, 6.07) is 0.489. The molecule has 0 saturated carbocycles. The summed E-state index contributed by atoms with van der Waals surface area (Å²) in [5, 5.41) is 0. The Bertz CT molecular complexity index is 617. The van der Waals surface area contributed by atoms with E-state index in [-0.39, 0.29) is 0 Å². The molecule has 1 atom stereocenters. The molecular weight excluding hydrogens is 280 g/mol. The fourth-order valence-electron chi connectivity index (χ4n) is 3.83. The average Bonchev–Trinajstić information content (AvgIpc) is 3.21. The summed E-state index contributed by atoms with van der Waals surface area (Å²) in [6.45, 7) is 2.20. The van der Waals surface area contributed by atoms with E-state index in [0.29, 0.717) is 6.04 Å². The third-order valence-electron chi connectivity index (χ3n) is 4.91. The highest BCUT2D eigenvalue weighted by Gasteiger charge is 2.31. The molecule has 112 valence electrons. The van der Waals surface area contributed by atoms with Crippen molar-refractivity contribution in [2.75, 3.05) is 6.54 Å². The van der Waals surface area contributed by atoms with Gasteiger partial charge in [0.1, 0.15) is 5.82 Å². The molecule has 5 heteroatoms. The molecule has 2 aromatic heterocycles. The van der Waals surface area contributed by atoms with Gasteiger partial charge in [0.25, 0.3) is 0 Å². The zero-order chi connectivity index (χ0) is 14.2. The van der Waals surface area contributed by atoms with Gasteiger partial charge in [0, 0.05) is 30.4 Å². The van der Waals surface area contributed by atoms with E-state index in [2.05, 4.69) is 21.5 Å². The lowest BCUT2D eigenvalue weighted by Crippen LogP contribution is -2.24. The zero-order valence-corrected chi connectivity index (χ0v) is 13.4. The molecule has 4 rings (SSSR count). The second-order valence-electron chi connectivity index (χ2n) is 6.23. The number of rotatable bonds is 3. The quantitative estimate of drug-likeness (QED) is 0.873. The Morgan fingerprint density at radius 3 is 3.00 bits per heavy atom. The van der Waals surface area contributed by atoms with Crippen molar-refractivity contribution in [3.8, 4) is 0 Å². The molecule has 1 aliphatic heterocycles. The molecular formula is C16H22N4S. The van der Waals surface area contributed by atoms with Crippen molar-refractivity contribution in [3.05, 3.63) is 33.8 Å². The lowest BCUT2D eigenvalue weighted by atomic mass is 10.0. The maximum Gasteiger partial charge on any atom is 0.126 e. The van der Waals surface area contributed by atoms with E-state index in [4.69, 9.17) is 4.98 Å². The molecule has 0 spiro atoms. The number of fused-ring (bicyclic) bond motifs is 1. The standard InChI is InChI=1S/C16H22N4S/c1-19-14-6-3-2-5-13(14)18-16(19)15-7-4-8-20(15)10-12-9-17-11-21-12/h9,11,15H,2-8,10H2,1H3/t15-/m0/s1. The number of imidazole rings is 1. The molecule has 0 bridgehead atoms. The number of aryl methyl sites for hydroxylation is 1. The maximum atomic E-state index is 5.02. The minimum absolute atomic E-state index is 0.489. The number of aromatic nitrogens is 3. The van der Waals surface area contributed by atoms with Crippen molar-refractivity contribution in [1.82, 2.24) is 19.4 Å². The molecule has 0 amide bonds. The third-order valence-corrected chi connectivity index (χ3v) is 5.68. The summed E-state index contributed by atoms with van der Waals surface area (Å²) < 4.78 is 2.39. The van der Waals surface area contributed by atoms with Crippen molar-refractivity contribution >= 4 is 11.3 Å². The zero-order valence-electron chi connectivity index (χ0n) is 12.6. The Hall–Kier alpha value is -1.20. The van der Waals surface area contributed by atoms with Crippen LogP contribution in [0, 0.1) is 0 Å². The van der Waals surface area contributed by atoms with E-state index in [1.807, 2.05) is 11.7 Å². The Kier molecular flexibility index (Phi) is 3.55. The predicted octanol–water partition coefficient (Wildman–Crippen LogP) is 3.09. The normalized spacial score (nSPS) is 22.6. The van der Waals surface area contributed by atoms with E-state index in [0.717, 1.165) is 6.54 Å². The Labute approximate surface area is 129 Å². The van der Waals surface area contributed by atoms with Crippen LogP contribution in [0.4, 0.5) is 0 Å². The Morgan fingerprint density at radius 1 is 1.29 bits per heavy atom. The van der Waals surface area contributed by atoms with Crippen LogP contribution in [0.3, 0.4) is 0 Å². The fraction of sp³-hybridized carbons (Fsp3) is 0.625.